The van der Waals surface area contributed by atoms with Crippen molar-refractivity contribution in [1.29, 1.82) is 5.26 Å². The first kappa shape index (κ1) is 19.0. The number of benzene rings is 1. The Morgan fingerprint density at radius 1 is 1.17 bits per heavy atom. The van der Waals surface area contributed by atoms with Gasteiger partial charge in [-0.1, -0.05) is 33.8 Å². The maximum Gasteiger partial charge on any atom is 0.260 e. The molecule has 23 heavy (non-hydrogen) atoms. The lowest BCUT2D eigenvalue weighted by Gasteiger charge is -2.24. The van der Waals surface area contributed by atoms with E-state index in [1.54, 1.807) is 24.3 Å². The van der Waals surface area contributed by atoms with Crippen molar-refractivity contribution in [2.45, 2.75) is 40.5 Å². The van der Waals surface area contributed by atoms with Crippen LogP contribution >= 0.6 is 0 Å². The van der Waals surface area contributed by atoms with Crippen LogP contribution in [0.25, 0.3) is 0 Å². The minimum atomic E-state index is 0.00802. The molecule has 0 atom stereocenters. The zero-order valence-electron chi connectivity index (χ0n) is 14.7. The van der Waals surface area contributed by atoms with E-state index in [1.165, 1.54) is 0 Å². The van der Waals surface area contributed by atoms with Gasteiger partial charge in [-0.25, -0.2) is 0 Å². The maximum atomic E-state index is 12.4. The number of hydrogen-bond donors (Lipinski definition) is 0. The van der Waals surface area contributed by atoms with Gasteiger partial charge in [-0.3, -0.25) is 4.79 Å². The summed E-state index contributed by atoms with van der Waals surface area (Å²) in [5, 5.41) is 8.89. The SMILES string of the molecule is CC(C)CCN(CCC(C)C)C(=O)COc1cccc(C#N)c1. The Hall–Kier alpha value is -2.02. The van der Waals surface area contributed by atoms with Gasteiger partial charge in [-0.2, -0.15) is 5.26 Å². The zero-order valence-corrected chi connectivity index (χ0v) is 14.7. The van der Waals surface area contributed by atoms with Crippen molar-refractivity contribution in [3.8, 4) is 11.8 Å². The predicted octanol–water partition coefficient (Wildman–Crippen LogP) is 3.86. The van der Waals surface area contributed by atoms with Crippen LogP contribution < -0.4 is 4.74 Å². The summed E-state index contributed by atoms with van der Waals surface area (Å²) in [6.07, 6.45) is 1.99. The van der Waals surface area contributed by atoms with E-state index in [0.717, 1.165) is 25.9 Å². The highest BCUT2D eigenvalue weighted by Crippen LogP contribution is 2.13. The fourth-order valence-electron chi connectivity index (χ4n) is 2.08. The lowest BCUT2D eigenvalue weighted by molar-refractivity contribution is -0.133. The normalized spacial score (nSPS) is 10.7. The molecule has 0 heterocycles. The molecule has 0 bridgehead atoms. The number of amides is 1. The molecule has 0 saturated carbocycles. The standard InChI is InChI=1S/C19H28N2O2/c1-15(2)8-10-21(11-9-16(3)4)19(22)14-23-18-7-5-6-17(12-18)13-20/h5-7,12,15-16H,8-11,14H2,1-4H3. The minimum Gasteiger partial charge on any atom is -0.484 e. The topological polar surface area (TPSA) is 53.3 Å². The zero-order chi connectivity index (χ0) is 17.2. The first-order valence-corrected chi connectivity index (χ1v) is 8.33. The monoisotopic (exact) mass is 316 g/mol. The first-order chi connectivity index (χ1) is 10.9. The van der Waals surface area contributed by atoms with Crippen LogP contribution in [0, 0.1) is 23.2 Å². The van der Waals surface area contributed by atoms with Gasteiger partial charge < -0.3 is 9.64 Å². The van der Waals surface area contributed by atoms with E-state index >= 15 is 0 Å². The second-order valence-corrected chi connectivity index (χ2v) is 6.67. The van der Waals surface area contributed by atoms with Crippen molar-refractivity contribution < 1.29 is 9.53 Å². The van der Waals surface area contributed by atoms with E-state index < -0.39 is 0 Å². The lowest BCUT2D eigenvalue weighted by atomic mass is 10.1. The third-order valence-corrected chi connectivity index (χ3v) is 3.63. The fraction of sp³-hybridized carbons (Fsp3) is 0.579. The average molecular weight is 316 g/mol. The van der Waals surface area contributed by atoms with Crippen LogP contribution in [0.15, 0.2) is 24.3 Å². The molecule has 0 N–H and O–H groups in total. The summed E-state index contributed by atoms with van der Waals surface area (Å²) < 4.78 is 5.56. The van der Waals surface area contributed by atoms with E-state index in [1.807, 2.05) is 4.90 Å². The molecule has 0 unspecified atom stereocenters. The molecule has 0 aliphatic carbocycles. The largest absolute Gasteiger partial charge is 0.484 e. The highest BCUT2D eigenvalue weighted by Gasteiger charge is 2.15. The first-order valence-electron chi connectivity index (χ1n) is 8.33. The molecular weight excluding hydrogens is 288 g/mol. The Morgan fingerprint density at radius 2 is 1.78 bits per heavy atom. The number of rotatable bonds is 9. The summed E-state index contributed by atoms with van der Waals surface area (Å²) in [6, 6.07) is 8.96. The van der Waals surface area contributed by atoms with Crippen molar-refractivity contribution in [1.82, 2.24) is 4.90 Å². The lowest BCUT2D eigenvalue weighted by Crippen LogP contribution is -2.37. The van der Waals surface area contributed by atoms with E-state index in [-0.39, 0.29) is 12.5 Å². The number of nitrogens with zero attached hydrogens (tertiary/aromatic N) is 2. The predicted molar refractivity (Wildman–Crippen MR) is 92.1 cm³/mol. The third kappa shape index (κ3) is 7.69. The van der Waals surface area contributed by atoms with E-state index in [9.17, 15) is 4.79 Å². The minimum absolute atomic E-state index is 0.00802. The van der Waals surface area contributed by atoms with E-state index in [0.29, 0.717) is 23.1 Å². The van der Waals surface area contributed by atoms with Gasteiger partial charge >= 0.3 is 0 Å². The Balaban J connectivity index is 2.58. The molecule has 0 spiro atoms. The third-order valence-electron chi connectivity index (χ3n) is 3.63. The van der Waals surface area contributed by atoms with Gasteiger partial charge in [0, 0.05) is 13.1 Å². The summed E-state index contributed by atoms with van der Waals surface area (Å²) in [6.45, 7) is 10.2. The Morgan fingerprint density at radius 3 is 2.30 bits per heavy atom. The fourth-order valence-corrected chi connectivity index (χ4v) is 2.08. The van der Waals surface area contributed by atoms with Crippen molar-refractivity contribution in [2.24, 2.45) is 11.8 Å². The van der Waals surface area contributed by atoms with Crippen molar-refractivity contribution in [3.05, 3.63) is 29.8 Å². The molecule has 0 aliphatic rings. The molecule has 4 heteroatoms. The van der Waals surface area contributed by atoms with Gasteiger partial charge in [0.1, 0.15) is 5.75 Å². The second-order valence-electron chi connectivity index (χ2n) is 6.67. The second kappa shape index (κ2) is 9.89. The molecule has 1 amide bonds. The Kier molecular flexibility index (Phi) is 8.18. The highest BCUT2D eigenvalue weighted by atomic mass is 16.5. The Labute approximate surface area is 140 Å². The van der Waals surface area contributed by atoms with Crippen LogP contribution in [0.1, 0.15) is 46.1 Å². The van der Waals surface area contributed by atoms with E-state index in [4.69, 9.17) is 10.00 Å². The number of carbonyl (C=O) groups excluding carboxylic acids is 1. The van der Waals surface area contributed by atoms with Gasteiger partial charge in [0.2, 0.25) is 0 Å². The molecule has 0 fully saturated rings. The average Bonchev–Trinajstić information content (AvgIpc) is 2.52. The van der Waals surface area contributed by atoms with Gasteiger partial charge in [-0.05, 0) is 42.9 Å². The van der Waals surface area contributed by atoms with Gasteiger partial charge in [-0.15, -0.1) is 0 Å². The number of carbonyl (C=O) groups is 1. The quantitative estimate of drug-likeness (QED) is 0.695. The molecule has 1 aromatic rings. The van der Waals surface area contributed by atoms with Crippen LogP contribution in [-0.4, -0.2) is 30.5 Å². The summed E-state index contributed by atoms with van der Waals surface area (Å²) in [5.74, 6) is 1.70. The molecule has 0 aromatic heterocycles. The van der Waals surface area contributed by atoms with Crippen LogP contribution in [0.2, 0.25) is 0 Å². The molecule has 126 valence electrons. The molecule has 0 saturated heterocycles. The molecule has 1 rings (SSSR count). The summed E-state index contributed by atoms with van der Waals surface area (Å²) in [5.41, 5.74) is 0.534. The summed E-state index contributed by atoms with van der Waals surface area (Å²) in [7, 11) is 0. The van der Waals surface area contributed by atoms with Gasteiger partial charge in [0.15, 0.2) is 6.61 Å². The number of hydrogen-bond acceptors (Lipinski definition) is 3. The van der Waals surface area contributed by atoms with Crippen LogP contribution in [0.5, 0.6) is 5.75 Å². The highest BCUT2D eigenvalue weighted by molar-refractivity contribution is 5.77. The Bertz CT molecular complexity index is 520. The summed E-state index contributed by atoms with van der Waals surface area (Å²) >= 11 is 0. The van der Waals surface area contributed by atoms with Crippen molar-refractivity contribution >= 4 is 5.91 Å². The summed E-state index contributed by atoms with van der Waals surface area (Å²) in [4.78, 5) is 14.3. The molecule has 0 aliphatic heterocycles. The van der Waals surface area contributed by atoms with Gasteiger partial charge in [0.05, 0.1) is 11.6 Å². The van der Waals surface area contributed by atoms with Gasteiger partial charge in [0.25, 0.3) is 5.91 Å². The number of nitriles is 1. The molecule has 4 nitrogen and oxygen atoms in total. The van der Waals surface area contributed by atoms with Crippen LogP contribution in [-0.2, 0) is 4.79 Å². The smallest absolute Gasteiger partial charge is 0.260 e. The van der Waals surface area contributed by atoms with Crippen molar-refractivity contribution in [2.75, 3.05) is 19.7 Å². The molecular formula is C19H28N2O2. The van der Waals surface area contributed by atoms with Crippen LogP contribution in [0.4, 0.5) is 0 Å². The maximum absolute atomic E-state index is 12.4. The molecule has 0 radical (unpaired) electrons. The van der Waals surface area contributed by atoms with Crippen molar-refractivity contribution in [3.63, 3.8) is 0 Å². The molecule has 1 aromatic carbocycles. The number of ether oxygens (including phenoxy) is 1. The van der Waals surface area contributed by atoms with E-state index in [2.05, 4.69) is 33.8 Å². The van der Waals surface area contributed by atoms with Crippen LogP contribution in [0.3, 0.4) is 0 Å².